The number of hydrogen-bond donors (Lipinski definition) is 1. The fraction of sp³-hybridized carbons (Fsp3) is 0.455. The zero-order chi connectivity index (χ0) is 14.0. The van der Waals surface area contributed by atoms with Crippen molar-refractivity contribution in [3.8, 4) is 0 Å². The highest BCUT2D eigenvalue weighted by Crippen LogP contribution is 2.26. The van der Waals surface area contributed by atoms with Crippen molar-refractivity contribution in [2.45, 2.75) is 24.3 Å². The molecule has 102 valence electrons. The summed E-state index contributed by atoms with van der Waals surface area (Å²) in [5.74, 6) is 0. The Morgan fingerprint density at radius 2 is 1.94 bits per heavy atom. The second kappa shape index (κ2) is 6.00. The van der Waals surface area contributed by atoms with Crippen LogP contribution in [0.3, 0.4) is 0 Å². The quantitative estimate of drug-likeness (QED) is 0.826. The minimum Gasteiger partial charge on any atom is -0.383 e. The van der Waals surface area contributed by atoms with Crippen LogP contribution in [0, 0.1) is 0 Å². The third-order valence-electron chi connectivity index (χ3n) is 2.10. The number of nitrogens with one attached hydrogen (secondary N) is 1. The van der Waals surface area contributed by atoms with Crippen molar-refractivity contribution in [2.75, 3.05) is 13.7 Å². The van der Waals surface area contributed by atoms with Gasteiger partial charge >= 0.3 is 0 Å². The van der Waals surface area contributed by atoms with Gasteiger partial charge in [0, 0.05) is 16.1 Å². The Bertz CT molecular complexity index is 529. The summed E-state index contributed by atoms with van der Waals surface area (Å²) in [6.45, 7) is 3.82. The molecule has 7 heteroatoms. The zero-order valence-corrected chi connectivity index (χ0v) is 14.3. The van der Waals surface area contributed by atoms with E-state index in [1.54, 1.807) is 32.0 Å². The van der Waals surface area contributed by atoms with Gasteiger partial charge in [-0.3, -0.25) is 0 Å². The van der Waals surface area contributed by atoms with Crippen LogP contribution in [-0.2, 0) is 14.8 Å². The maximum Gasteiger partial charge on any atom is 0.242 e. The first-order valence-electron chi connectivity index (χ1n) is 5.16. The molecule has 0 saturated carbocycles. The number of ether oxygens (including phenoxy) is 1. The molecule has 0 atom stereocenters. The Labute approximate surface area is 124 Å². The first kappa shape index (κ1) is 16.1. The number of halogens is 2. The molecule has 0 saturated heterocycles. The molecule has 1 aromatic rings. The number of methoxy groups -OCH3 is 1. The molecule has 0 amide bonds. The van der Waals surface area contributed by atoms with Gasteiger partial charge in [-0.05, 0) is 48.0 Å². The summed E-state index contributed by atoms with van der Waals surface area (Å²) in [4.78, 5) is 0.204. The lowest BCUT2D eigenvalue weighted by molar-refractivity contribution is 0.141. The number of sulfonamides is 1. The predicted molar refractivity (Wildman–Crippen MR) is 78.1 cm³/mol. The first-order valence-corrected chi connectivity index (χ1v) is 8.23. The van der Waals surface area contributed by atoms with Gasteiger partial charge in [0.1, 0.15) is 0 Å². The van der Waals surface area contributed by atoms with E-state index in [0.29, 0.717) is 11.1 Å². The molecule has 1 N–H and O–H groups in total. The molecule has 0 fully saturated rings. The minimum absolute atomic E-state index is 0.204. The predicted octanol–water partition coefficient (Wildman–Crippen LogP) is 2.91. The second-order valence-corrected chi connectivity index (χ2v) is 7.92. The first-order chi connectivity index (χ1) is 8.18. The van der Waals surface area contributed by atoms with Crippen LogP contribution < -0.4 is 4.72 Å². The summed E-state index contributed by atoms with van der Waals surface area (Å²) in [6, 6.07) is 4.92. The van der Waals surface area contributed by atoms with Gasteiger partial charge in [-0.15, -0.1) is 0 Å². The van der Waals surface area contributed by atoms with E-state index in [1.165, 1.54) is 7.11 Å². The van der Waals surface area contributed by atoms with Crippen LogP contribution in [0.1, 0.15) is 13.8 Å². The zero-order valence-electron chi connectivity index (χ0n) is 10.3. The second-order valence-electron chi connectivity index (χ2n) is 4.50. The van der Waals surface area contributed by atoms with Crippen LogP contribution in [0.2, 0.25) is 0 Å². The molecular formula is C11H15Br2NO3S. The molecule has 0 bridgehead atoms. The van der Waals surface area contributed by atoms with E-state index in [0.717, 1.165) is 4.47 Å². The highest BCUT2D eigenvalue weighted by atomic mass is 79.9. The maximum atomic E-state index is 12.2. The van der Waals surface area contributed by atoms with Crippen molar-refractivity contribution in [1.29, 1.82) is 0 Å². The van der Waals surface area contributed by atoms with Crippen LogP contribution in [0.25, 0.3) is 0 Å². The standard InChI is InChI=1S/C11H15Br2NO3S/c1-11(2,7-17-3)14-18(15,16)10-5-4-8(12)6-9(10)13/h4-6,14H,7H2,1-3H3. The molecule has 0 heterocycles. The molecule has 1 aromatic carbocycles. The third-order valence-corrected chi connectivity index (χ3v) is 5.27. The average Bonchev–Trinajstić information content (AvgIpc) is 2.14. The molecule has 0 spiro atoms. The lowest BCUT2D eigenvalue weighted by Crippen LogP contribution is -2.46. The van der Waals surface area contributed by atoms with Crippen LogP contribution in [-0.4, -0.2) is 27.7 Å². The molecule has 0 aromatic heterocycles. The Morgan fingerprint density at radius 1 is 1.33 bits per heavy atom. The van der Waals surface area contributed by atoms with Gasteiger partial charge in [-0.1, -0.05) is 15.9 Å². The molecule has 0 aliphatic rings. The number of rotatable bonds is 5. The number of hydrogen-bond acceptors (Lipinski definition) is 3. The summed E-state index contributed by atoms with van der Waals surface area (Å²) < 4.78 is 33.4. The molecule has 18 heavy (non-hydrogen) atoms. The molecule has 0 aliphatic heterocycles. The van der Waals surface area contributed by atoms with E-state index in [2.05, 4.69) is 36.6 Å². The van der Waals surface area contributed by atoms with Crippen molar-refractivity contribution in [2.24, 2.45) is 0 Å². The van der Waals surface area contributed by atoms with E-state index < -0.39 is 15.6 Å². The average molecular weight is 401 g/mol. The van der Waals surface area contributed by atoms with E-state index in [4.69, 9.17) is 4.74 Å². The highest BCUT2D eigenvalue weighted by molar-refractivity contribution is 9.11. The highest BCUT2D eigenvalue weighted by Gasteiger charge is 2.27. The summed E-state index contributed by atoms with van der Waals surface area (Å²) >= 11 is 6.53. The van der Waals surface area contributed by atoms with Gasteiger partial charge in [0.15, 0.2) is 0 Å². The van der Waals surface area contributed by atoms with Crippen LogP contribution >= 0.6 is 31.9 Å². The smallest absolute Gasteiger partial charge is 0.242 e. The molecule has 0 unspecified atom stereocenters. The molecular weight excluding hydrogens is 386 g/mol. The summed E-state index contributed by atoms with van der Waals surface area (Å²) in [5.41, 5.74) is -0.667. The fourth-order valence-electron chi connectivity index (χ4n) is 1.50. The number of benzene rings is 1. The lowest BCUT2D eigenvalue weighted by Gasteiger charge is -2.25. The fourth-order valence-corrected chi connectivity index (χ4v) is 4.65. The van der Waals surface area contributed by atoms with Crippen molar-refractivity contribution in [1.82, 2.24) is 4.72 Å². The minimum atomic E-state index is -3.59. The van der Waals surface area contributed by atoms with Gasteiger partial charge in [-0.2, -0.15) is 0 Å². The van der Waals surface area contributed by atoms with Gasteiger partial charge in [0.05, 0.1) is 17.0 Å². The van der Waals surface area contributed by atoms with Gasteiger partial charge in [0.25, 0.3) is 0 Å². The van der Waals surface area contributed by atoms with E-state index in [9.17, 15) is 8.42 Å². The Kier molecular flexibility index (Phi) is 5.37. The van der Waals surface area contributed by atoms with Crippen molar-refractivity contribution < 1.29 is 13.2 Å². The molecule has 1 rings (SSSR count). The van der Waals surface area contributed by atoms with Crippen LogP contribution in [0.5, 0.6) is 0 Å². The Hall–Kier alpha value is 0.0500. The van der Waals surface area contributed by atoms with Crippen LogP contribution in [0.4, 0.5) is 0 Å². The molecule has 0 aliphatic carbocycles. The lowest BCUT2D eigenvalue weighted by atomic mass is 10.1. The van der Waals surface area contributed by atoms with E-state index in [1.807, 2.05) is 0 Å². The van der Waals surface area contributed by atoms with Crippen molar-refractivity contribution in [3.05, 3.63) is 27.1 Å². The maximum absolute atomic E-state index is 12.2. The summed E-state index contributed by atoms with van der Waals surface area (Å²) in [5, 5.41) is 0. The molecule has 4 nitrogen and oxygen atoms in total. The topological polar surface area (TPSA) is 55.4 Å². The Morgan fingerprint density at radius 3 is 2.44 bits per heavy atom. The van der Waals surface area contributed by atoms with Crippen LogP contribution in [0.15, 0.2) is 32.0 Å². The third kappa shape index (κ3) is 4.31. The monoisotopic (exact) mass is 399 g/mol. The normalized spacial score (nSPS) is 12.7. The Balaban J connectivity index is 3.07. The van der Waals surface area contributed by atoms with Gasteiger partial charge < -0.3 is 4.74 Å². The van der Waals surface area contributed by atoms with Gasteiger partial charge in [0.2, 0.25) is 10.0 Å². The summed E-state index contributed by atoms with van der Waals surface area (Å²) in [6.07, 6.45) is 0. The molecule has 0 radical (unpaired) electrons. The summed E-state index contributed by atoms with van der Waals surface area (Å²) in [7, 11) is -2.05. The van der Waals surface area contributed by atoms with Crippen molar-refractivity contribution in [3.63, 3.8) is 0 Å². The van der Waals surface area contributed by atoms with Gasteiger partial charge in [-0.25, -0.2) is 13.1 Å². The van der Waals surface area contributed by atoms with Crippen molar-refractivity contribution >= 4 is 41.9 Å². The van der Waals surface area contributed by atoms with E-state index >= 15 is 0 Å². The SMILES string of the molecule is COCC(C)(C)NS(=O)(=O)c1ccc(Br)cc1Br. The largest absolute Gasteiger partial charge is 0.383 e. The van der Waals surface area contributed by atoms with E-state index in [-0.39, 0.29) is 4.90 Å².